The Morgan fingerprint density at radius 3 is 2.49 bits per heavy atom. The molecule has 3 saturated heterocycles. The fourth-order valence-electron chi connectivity index (χ4n) is 6.86. The lowest BCUT2D eigenvalue weighted by Crippen LogP contribution is -2.57. The van der Waals surface area contributed by atoms with Crippen molar-refractivity contribution in [3.63, 3.8) is 0 Å². The van der Waals surface area contributed by atoms with E-state index in [4.69, 9.17) is 11.6 Å². The molecule has 7 nitrogen and oxygen atoms in total. The number of rotatable bonds is 13. The molecule has 3 amide bonds. The number of halogens is 1. The molecule has 0 saturated carbocycles. The number of aliphatic hydroxyl groups is 1. The third-order valence-corrected chi connectivity index (χ3v) is 10.8. The number of aliphatic hydroxyl groups excluding tert-OH is 1. The monoisotopic (exact) mass is 573 g/mol. The zero-order chi connectivity index (χ0) is 28.3. The van der Waals surface area contributed by atoms with Gasteiger partial charge in [-0.3, -0.25) is 14.4 Å². The predicted molar refractivity (Wildman–Crippen MR) is 158 cm³/mol. The minimum Gasteiger partial charge on any atom is -0.396 e. The van der Waals surface area contributed by atoms with E-state index in [1.807, 2.05) is 11.8 Å². The van der Waals surface area contributed by atoms with Gasteiger partial charge in [-0.25, -0.2) is 0 Å². The Bertz CT molecular complexity index is 1100. The molecule has 9 heteroatoms. The van der Waals surface area contributed by atoms with E-state index in [-0.39, 0.29) is 42.0 Å². The summed E-state index contributed by atoms with van der Waals surface area (Å²) in [5, 5.41) is 9.99. The molecule has 3 fully saturated rings. The second-order valence-electron chi connectivity index (χ2n) is 10.8. The largest absolute Gasteiger partial charge is 0.396 e. The van der Waals surface area contributed by atoms with Crippen LogP contribution < -0.4 is 4.90 Å². The van der Waals surface area contributed by atoms with Gasteiger partial charge in [0.1, 0.15) is 6.04 Å². The maximum Gasteiger partial charge on any atom is 0.251 e. The molecule has 1 aromatic rings. The third kappa shape index (κ3) is 5.16. The van der Waals surface area contributed by atoms with Crippen LogP contribution >= 0.6 is 23.4 Å². The number of nitrogens with zero attached hydrogens (tertiary/aromatic N) is 3. The first-order chi connectivity index (χ1) is 18.8. The van der Waals surface area contributed by atoms with E-state index in [0.29, 0.717) is 43.2 Å². The van der Waals surface area contributed by atoms with Crippen molar-refractivity contribution in [1.29, 1.82) is 0 Å². The number of anilines is 1. The van der Waals surface area contributed by atoms with Gasteiger partial charge in [-0.05, 0) is 55.9 Å². The Balaban J connectivity index is 1.78. The number of likely N-dealkylation sites (tertiary alicyclic amines) is 1. The number of carbonyl (C=O) groups excluding carboxylic acids is 3. The highest BCUT2D eigenvalue weighted by Gasteiger charge is 2.76. The number of fused-ring (bicyclic) bond motifs is 1. The van der Waals surface area contributed by atoms with Crippen molar-refractivity contribution in [3.05, 3.63) is 54.6 Å². The van der Waals surface area contributed by atoms with Crippen LogP contribution in [0.2, 0.25) is 5.02 Å². The van der Waals surface area contributed by atoms with Crippen LogP contribution in [0.15, 0.2) is 49.6 Å². The molecule has 2 bridgehead atoms. The van der Waals surface area contributed by atoms with Gasteiger partial charge in [-0.2, -0.15) is 0 Å². The van der Waals surface area contributed by atoms with Crippen LogP contribution in [0.3, 0.4) is 0 Å². The maximum atomic E-state index is 14.6. The Morgan fingerprint density at radius 2 is 1.87 bits per heavy atom. The molecule has 6 atom stereocenters. The molecule has 3 aliphatic heterocycles. The van der Waals surface area contributed by atoms with Crippen LogP contribution in [0.1, 0.15) is 39.5 Å². The van der Waals surface area contributed by atoms with Gasteiger partial charge >= 0.3 is 0 Å². The fourth-order valence-corrected chi connectivity index (χ4v) is 9.40. The average Bonchev–Trinajstić information content (AvgIpc) is 3.51. The molecule has 4 rings (SSSR count). The lowest BCUT2D eigenvalue weighted by atomic mass is 9.65. The lowest BCUT2D eigenvalue weighted by Gasteiger charge is -2.41. The predicted octanol–water partition coefficient (Wildman–Crippen LogP) is 4.39. The molecule has 3 heterocycles. The van der Waals surface area contributed by atoms with E-state index in [1.54, 1.807) is 58.0 Å². The smallest absolute Gasteiger partial charge is 0.251 e. The molecule has 3 aliphatic rings. The van der Waals surface area contributed by atoms with Gasteiger partial charge in [0.15, 0.2) is 0 Å². The highest BCUT2D eigenvalue weighted by molar-refractivity contribution is 8.02. The van der Waals surface area contributed by atoms with E-state index in [1.165, 1.54) is 0 Å². The van der Waals surface area contributed by atoms with Gasteiger partial charge in [-0.15, -0.1) is 24.9 Å². The molecule has 0 aliphatic carbocycles. The second-order valence-corrected chi connectivity index (χ2v) is 12.8. The number of amides is 3. The quantitative estimate of drug-likeness (QED) is 0.280. The summed E-state index contributed by atoms with van der Waals surface area (Å²) in [4.78, 5) is 48.1. The summed E-state index contributed by atoms with van der Waals surface area (Å²) in [5.41, 5.74) is 0.685. The fraction of sp³-hybridized carbons (Fsp3) is 0.567. The standard InChI is InChI=1S/C30H40ClN3O4S/c1-5-14-32(15-6-2)27(36)24-23-19-20(4)30(39-23)25(24)28(37)34(17-8-9-18-35)26(30)29(38)33(16-7-3)22-12-10-21(31)11-13-22/h5,7,10-13,20,23-26,35H,1,3,6,8-9,14-19H2,2,4H3/t20?,23-,24+,25-,26?,30?/m0/s1. The molecule has 1 spiro atoms. The van der Waals surface area contributed by atoms with Crippen molar-refractivity contribution < 1.29 is 19.5 Å². The summed E-state index contributed by atoms with van der Waals surface area (Å²) in [6.45, 7) is 13.6. The molecule has 39 heavy (non-hydrogen) atoms. The maximum absolute atomic E-state index is 14.6. The summed E-state index contributed by atoms with van der Waals surface area (Å²) < 4.78 is -0.698. The Labute approximate surface area is 241 Å². The molecular weight excluding hydrogens is 534 g/mol. The number of benzene rings is 1. The van der Waals surface area contributed by atoms with Gasteiger partial charge < -0.3 is 19.8 Å². The minimum atomic E-state index is -0.717. The second kappa shape index (κ2) is 12.5. The highest BCUT2D eigenvalue weighted by atomic mass is 35.5. The summed E-state index contributed by atoms with van der Waals surface area (Å²) in [5.74, 6) is -1.24. The number of thioether (sulfide) groups is 1. The molecular formula is C30H40ClN3O4S. The van der Waals surface area contributed by atoms with E-state index in [2.05, 4.69) is 20.1 Å². The molecule has 1 N–H and O–H groups in total. The Hall–Kier alpha value is -2.29. The molecule has 212 valence electrons. The third-order valence-electron chi connectivity index (χ3n) is 8.44. The minimum absolute atomic E-state index is 0.00886. The van der Waals surface area contributed by atoms with Crippen molar-refractivity contribution in [2.24, 2.45) is 17.8 Å². The first kappa shape index (κ1) is 29.7. The first-order valence-electron chi connectivity index (χ1n) is 13.9. The van der Waals surface area contributed by atoms with Crippen molar-refractivity contribution in [2.45, 2.75) is 55.6 Å². The van der Waals surface area contributed by atoms with Crippen LogP contribution in [0.5, 0.6) is 0 Å². The van der Waals surface area contributed by atoms with E-state index in [0.717, 1.165) is 12.8 Å². The van der Waals surface area contributed by atoms with E-state index < -0.39 is 22.6 Å². The zero-order valence-electron chi connectivity index (χ0n) is 22.9. The Kier molecular flexibility index (Phi) is 9.50. The molecule has 1 aromatic carbocycles. The van der Waals surface area contributed by atoms with Crippen LogP contribution in [-0.4, -0.2) is 81.5 Å². The lowest BCUT2D eigenvalue weighted by molar-refractivity contribution is -0.144. The van der Waals surface area contributed by atoms with Crippen molar-refractivity contribution in [3.8, 4) is 0 Å². The van der Waals surface area contributed by atoms with Crippen LogP contribution in [0.4, 0.5) is 5.69 Å². The number of carbonyl (C=O) groups is 3. The van der Waals surface area contributed by atoms with Crippen molar-refractivity contribution in [1.82, 2.24) is 9.80 Å². The first-order valence-corrected chi connectivity index (χ1v) is 15.2. The van der Waals surface area contributed by atoms with E-state index in [9.17, 15) is 19.5 Å². The van der Waals surface area contributed by atoms with Gasteiger partial charge in [0.25, 0.3) is 5.91 Å². The van der Waals surface area contributed by atoms with Gasteiger partial charge in [-0.1, -0.05) is 37.6 Å². The van der Waals surface area contributed by atoms with Gasteiger partial charge in [0.2, 0.25) is 11.8 Å². The van der Waals surface area contributed by atoms with Crippen molar-refractivity contribution >= 4 is 46.8 Å². The van der Waals surface area contributed by atoms with Crippen LogP contribution in [0, 0.1) is 17.8 Å². The van der Waals surface area contributed by atoms with Crippen molar-refractivity contribution in [2.75, 3.05) is 37.7 Å². The number of hydrogen-bond acceptors (Lipinski definition) is 5. The topological polar surface area (TPSA) is 81.2 Å². The zero-order valence-corrected chi connectivity index (χ0v) is 24.5. The normalized spacial score (nSPS) is 28.9. The average molecular weight is 574 g/mol. The van der Waals surface area contributed by atoms with Crippen LogP contribution in [-0.2, 0) is 14.4 Å². The van der Waals surface area contributed by atoms with E-state index >= 15 is 0 Å². The highest BCUT2D eigenvalue weighted by Crippen LogP contribution is 2.69. The Morgan fingerprint density at radius 1 is 1.18 bits per heavy atom. The number of hydrogen-bond donors (Lipinski definition) is 1. The summed E-state index contributed by atoms with van der Waals surface area (Å²) in [7, 11) is 0. The summed E-state index contributed by atoms with van der Waals surface area (Å²) in [6.07, 6.45) is 6.13. The summed E-state index contributed by atoms with van der Waals surface area (Å²) >= 11 is 7.81. The molecule has 3 unspecified atom stereocenters. The molecule has 0 aromatic heterocycles. The van der Waals surface area contributed by atoms with Gasteiger partial charge in [0, 0.05) is 48.7 Å². The summed E-state index contributed by atoms with van der Waals surface area (Å²) in [6, 6.07) is 6.38. The number of unbranched alkanes of at least 4 members (excludes halogenated alkanes) is 1. The molecule has 0 radical (unpaired) electrons. The van der Waals surface area contributed by atoms with Gasteiger partial charge in [0.05, 0.1) is 16.6 Å². The SMILES string of the molecule is C=CCN(CCC)C(=O)[C@@H]1[C@@H]2CC(C)C3(S2)C(C(=O)N(CC=C)c2ccc(Cl)cc2)N(CCCCO)C(=O)[C@H]13. The van der Waals surface area contributed by atoms with Crippen LogP contribution in [0.25, 0.3) is 0 Å².